The molecule has 2 aromatic heterocycles. The number of imidazole rings is 1. The molecule has 0 saturated carbocycles. The molecule has 0 bridgehead atoms. The Morgan fingerprint density at radius 1 is 0.860 bits per heavy atom. The van der Waals surface area contributed by atoms with Crippen LogP contribution in [0.3, 0.4) is 0 Å². The lowest BCUT2D eigenvalue weighted by Crippen LogP contribution is -2.38. The lowest BCUT2D eigenvalue weighted by molar-refractivity contribution is -0.199. The Hall–Kier alpha value is -4.35. The van der Waals surface area contributed by atoms with E-state index in [2.05, 4.69) is 46.7 Å². The van der Waals surface area contributed by atoms with E-state index in [9.17, 15) is 5.11 Å². The Labute approximate surface area is 249 Å². The van der Waals surface area contributed by atoms with Gasteiger partial charge in [0.05, 0.1) is 20.0 Å². The first-order valence-electron chi connectivity index (χ1n) is 14.3. The highest BCUT2D eigenvalue weighted by Crippen LogP contribution is 2.45. The van der Waals surface area contributed by atoms with E-state index in [-0.39, 0.29) is 6.61 Å². The van der Waals surface area contributed by atoms with Gasteiger partial charge in [0.2, 0.25) is 0 Å². The van der Waals surface area contributed by atoms with E-state index in [4.69, 9.17) is 28.9 Å². The predicted octanol–water partition coefficient (Wildman–Crippen LogP) is 4.65. The van der Waals surface area contributed by atoms with Crippen LogP contribution in [0.25, 0.3) is 11.2 Å². The second kappa shape index (κ2) is 10.7. The summed E-state index contributed by atoms with van der Waals surface area (Å²) in [6.07, 6.45) is 1.21. The second-order valence-corrected chi connectivity index (χ2v) is 11.2. The number of hydrogen-bond acceptors (Lipinski definition) is 9. The van der Waals surface area contributed by atoms with E-state index in [0.29, 0.717) is 17.0 Å². The maximum Gasteiger partial charge on any atom is 0.167 e. The molecule has 0 spiro atoms. The third kappa shape index (κ3) is 4.63. The molecule has 4 atom stereocenters. The van der Waals surface area contributed by atoms with Crippen LogP contribution < -0.4 is 10.1 Å². The van der Waals surface area contributed by atoms with Crippen LogP contribution in [0.1, 0.15) is 36.8 Å². The molecule has 2 aliphatic rings. The van der Waals surface area contributed by atoms with Gasteiger partial charge in [0.1, 0.15) is 35.9 Å². The van der Waals surface area contributed by atoms with Gasteiger partial charge >= 0.3 is 0 Å². The smallest absolute Gasteiger partial charge is 0.167 e. The van der Waals surface area contributed by atoms with Gasteiger partial charge in [-0.25, -0.2) is 15.0 Å². The van der Waals surface area contributed by atoms with Gasteiger partial charge < -0.3 is 29.4 Å². The SMILES string of the molecule is COc1ccc(C(Nc2ncnc3c2ncn3[C@@H]2O[C@H](CO)[C@H]3OC(C)(C)O[C@H]32)(c2ccccc2)c2ccccc2)cc1. The van der Waals surface area contributed by atoms with Crippen LogP contribution in [0.2, 0.25) is 0 Å². The zero-order valence-electron chi connectivity index (χ0n) is 24.1. The summed E-state index contributed by atoms with van der Waals surface area (Å²) in [5.74, 6) is 0.510. The van der Waals surface area contributed by atoms with Crippen molar-refractivity contribution < 1.29 is 24.1 Å². The first-order valence-corrected chi connectivity index (χ1v) is 14.3. The van der Waals surface area contributed by atoms with Crippen molar-refractivity contribution in [3.63, 3.8) is 0 Å². The Morgan fingerprint density at radius 2 is 1.49 bits per heavy atom. The second-order valence-electron chi connectivity index (χ2n) is 11.2. The zero-order valence-corrected chi connectivity index (χ0v) is 24.1. The Kier molecular flexibility index (Phi) is 6.86. The lowest BCUT2D eigenvalue weighted by atomic mass is 9.77. The molecular weight excluding hydrogens is 546 g/mol. The van der Waals surface area contributed by atoms with Gasteiger partial charge in [-0.2, -0.15) is 0 Å². The summed E-state index contributed by atoms with van der Waals surface area (Å²) in [6, 6.07) is 28.5. The van der Waals surface area contributed by atoms with Crippen LogP contribution in [0.4, 0.5) is 5.82 Å². The van der Waals surface area contributed by atoms with Crippen molar-refractivity contribution >= 4 is 17.0 Å². The number of aliphatic hydroxyl groups is 1. The van der Waals surface area contributed by atoms with Gasteiger partial charge in [0.25, 0.3) is 0 Å². The maximum absolute atomic E-state index is 10.0. The van der Waals surface area contributed by atoms with Crippen molar-refractivity contribution in [2.24, 2.45) is 0 Å². The molecule has 10 nitrogen and oxygen atoms in total. The van der Waals surface area contributed by atoms with E-state index >= 15 is 0 Å². The predicted molar refractivity (Wildman–Crippen MR) is 160 cm³/mol. The maximum atomic E-state index is 10.0. The number of nitrogens with zero attached hydrogens (tertiary/aromatic N) is 4. The molecule has 220 valence electrons. The first kappa shape index (κ1) is 27.5. The average molecular weight is 580 g/mol. The summed E-state index contributed by atoms with van der Waals surface area (Å²) in [6.45, 7) is 3.53. The highest BCUT2D eigenvalue weighted by Gasteiger charge is 2.56. The minimum Gasteiger partial charge on any atom is -0.497 e. The minimum atomic E-state index is -0.844. The van der Waals surface area contributed by atoms with Crippen LogP contribution in [0.5, 0.6) is 5.75 Å². The fourth-order valence-electron chi connectivity index (χ4n) is 6.27. The summed E-state index contributed by atoms with van der Waals surface area (Å²) in [4.78, 5) is 14.1. The molecule has 0 amide bonds. The number of benzene rings is 3. The number of fused-ring (bicyclic) bond motifs is 2. The largest absolute Gasteiger partial charge is 0.497 e. The summed E-state index contributed by atoms with van der Waals surface area (Å²) < 4.78 is 25.8. The van der Waals surface area contributed by atoms with Crippen molar-refractivity contribution in [2.75, 3.05) is 19.0 Å². The Morgan fingerprint density at radius 3 is 2.12 bits per heavy atom. The number of rotatable bonds is 8. The lowest BCUT2D eigenvalue weighted by Gasteiger charge is -2.37. The fraction of sp³-hybridized carbons (Fsp3) is 0.303. The van der Waals surface area contributed by atoms with E-state index in [1.807, 2.05) is 66.9 Å². The van der Waals surface area contributed by atoms with Crippen LogP contribution >= 0.6 is 0 Å². The van der Waals surface area contributed by atoms with E-state index < -0.39 is 35.9 Å². The third-order valence-electron chi connectivity index (χ3n) is 8.18. The van der Waals surface area contributed by atoms with Crippen molar-refractivity contribution in [1.82, 2.24) is 19.5 Å². The molecule has 0 aliphatic carbocycles. The number of aliphatic hydroxyl groups excluding tert-OH is 1. The fourth-order valence-corrected chi connectivity index (χ4v) is 6.27. The molecule has 43 heavy (non-hydrogen) atoms. The molecule has 4 heterocycles. The average Bonchev–Trinajstić information content (AvgIpc) is 3.71. The molecule has 2 aliphatic heterocycles. The molecule has 5 aromatic rings. The van der Waals surface area contributed by atoms with Gasteiger partial charge in [0, 0.05) is 0 Å². The van der Waals surface area contributed by atoms with E-state index in [1.165, 1.54) is 6.33 Å². The van der Waals surface area contributed by atoms with Crippen molar-refractivity contribution in [3.05, 3.63) is 114 Å². The standard InChI is InChI=1S/C33H33N5O5/c1-32(2)42-27-25(18-39)41-31(28(27)43-32)38-20-36-26-29(34-19-35-30(26)38)37-33(21-10-6-4-7-11-21,22-12-8-5-9-13-22)23-14-16-24(40-3)17-15-23/h4-17,19-20,25,27-28,31,39H,18H2,1-3H3,(H,34,35,37)/t25-,27-,28-,31-/m1/s1. The monoisotopic (exact) mass is 579 g/mol. The number of methoxy groups -OCH3 is 1. The number of nitrogens with one attached hydrogen (secondary N) is 1. The van der Waals surface area contributed by atoms with Crippen LogP contribution in [0, 0.1) is 0 Å². The molecule has 10 heteroatoms. The summed E-state index contributed by atoms with van der Waals surface area (Å²) >= 11 is 0. The molecule has 0 radical (unpaired) electrons. The van der Waals surface area contributed by atoms with Gasteiger partial charge in [-0.05, 0) is 42.7 Å². The zero-order chi connectivity index (χ0) is 29.6. The third-order valence-corrected chi connectivity index (χ3v) is 8.18. The highest BCUT2D eigenvalue weighted by molar-refractivity contribution is 5.84. The minimum absolute atomic E-state index is 0.190. The Balaban J connectivity index is 1.37. The van der Waals surface area contributed by atoms with Crippen molar-refractivity contribution in [1.29, 1.82) is 0 Å². The molecule has 2 fully saturated rings. The molecular formula is C33H33N5O5. The van der Waals surface area contributed by atoms with E-state index in [1.54, 1.807) is 13.4 Å². The van der Waals surface area contributed by atoms with Crippen LogP contribution in [-0.2, 0) is 19.7 Å². The van der Waals surface area contributed by atoms with Gasteiger partial charge in [-0.3, -0.25) is 4.57 Å². The number of aromatic nitrogens is 4. The summed E-state index contributed by atoms with van der Waals surface area (Å²) in [5.41, 5.74) is 3.32. The van der Waals surface area contributed by atoms with Crippen LogP contribution in [-0.4, -0.2) is 62.4 Å². The van der Waals surface area contributed by atoms with Gasteiger partial charge in [-0.15, -0.1) is 0 Å². The summed E-state index contributed by atoms with van der Waals surface area (Å²) in [5, 5.41) is 13.8. The van der Waals surface area contributed by atoms with Gasteiger partial charge in [-0.1, -0.05) is 72.8 Å². The first-order chi connectivity index (χ1) is 20.9. The number of anilines is 1. The molecule has 3 aromatic carbocycles. The Bertz CT molecular complexity index is 1670. The molecule has 0 unspecified atom stereocenters. The number of hydrogen-bond donors (Lipinski definition) is 2. The topological polar surface area (TPSA) is 113 Å². The molecule has 7 rings (SSSR count). The van der Waals surface area contributed by atoms with Crippen molar-refractivity contribution in [3.8, 4) is 5.75 Å². The van der Waals surface area contributed by atoms with E-state index in [0.717, 1.165) is 22.4 Å². The quantitative estimate of drug-likeness (QED) is 0.254. The number of ether oxygens (including phenoxy) is 4. The normalized spacial score (nSPS) is 22.9. The molecule has 2 saturated heterocycles. The highest BCUT2D eigenvalue weighted by atomic mass is 16.8. The summed E-state index contributed by atoms with van der Waals surface area (Å²) in [7, 11) is 1.66. The van der Waals surface area contributed by atoms with Gasteiger partial charge in [0.15, 0.2) is 29.0 Å². The van der Waals surface area contributed by atoms with Crippen LogP contribution in [0.15, 0.2) is 97.6 Å². The molecule has 2 N–H and O–H groups in total. The van der Waals surface area contributed by atoms with Crippen molar-refractivity contribution in [2.45, 2.75) is 49.7 Å².